The van der Waals surface area contributed by atoms with Crippen molar-refractivity contribution >= 4 is 11.2 Å². The lowest BCUT2D eigenvalue weighted by molar-refractivity contribution is -0.697. The van der Waals surface area contributed by atoms with Crippen molar-refractivity contribution < 1.29 is 20.8 Å². The Labute approximate surface area is 253 Å². The second-order valence-electron chi connectivity index (χ2n) is 11.6. The van der Waals surface area contributed by atoms with Crippen LogP contribution < -0.4 is 9.13 Å². The van der Waals surface area contributed by atoms with E-state index < -0.39 is 11.2 Å². The summed E-state index contributed by atoms with van der Waals surface area (Å²) in [7, 11) is 4.16. The molecule has 0 aliphatic carbocycles. The lowest BCUT2D eigenvalue weighted by Gasteiger charge is -2.37. The molecule has 0 atom stereocenters. The van der Waals surface area contributed by atoms with Gasteiger partial charge in [-0.15, -0.1) is 0 Å². The van der Waals surface area contributed by atoms with Gasteiger partial charge in [0.05, 0.1) is 27.2 Å². The van der Waals surface area contributed by atoms with Crippen LogP contribution in [-0.4, -0.2) is 15.4 Å². The highest BCUT2D eigenvalue weighted by Crippen LogP contribution is 2.16. The Morgan fingerprint density at radius 2 is 0.732 bits per heavy atom. The van der Waals surface area contributed by atoms with Gasteiger partial charge in [0.1, 0.15) is 24.8 Å². The van der Waals surface area contributed by atoms with Crippen LogP contribution in [0, 0.1) is 0 Å². The third kappa shape index (κ3) is 31.3. The summed E-state index contributed by atoms with van der Waals surface area (Å²) in [5, 5.41) is 0. The van der Waals surface area contributed by atoms with Crippen molar-refractivity contribution in [1.82, 2.24) is 9.13 Å². The van der Waals surface area contributed by atoms with Gasteiger partial charge < -0.3 is 22.8 Å². The summed E-state index contributed by atoms with van der Waals surface area (Å²) in [6, 6.07) is 0. The molecule has 2 rings (SSSR count). The number of hydrogen-bond donors (Lipinski definition) is 0. The summed E-state index contributed by atoms with van der Waals surface area (Å²) in [5.41, 5.74) is 0. The predicted molar refractivity (Wildman–Crippen MR) is 172 cm³/mol. The monoisotopic (exact) mass is 606 g/mol. The molecule has 0 aromatic carbocycles. The van der Waals surface area contributed by atoms with Crippen LogP contribution >= 0.6 is 0 Å². The van der Waals surface area contributed by atoms with Gasteiger partial charge in [-0.25, -0.2) is 18.3 Å². The number of unbranched alkanes of at least 4 members (excludes halogenated alkanes) is 18. The van der Waals surface area contributed by atoms with E-state index in [-0.39, 0.29) is 6.26 Å². The fourth-order valence-corrected chi connectivity index (χ4v) is 4.83. The molecule has 4 nitrogen and oxygen atoms in total. The second kappa shape index (κ2) is 27.4. The molecule has 0 aliphatic rings. The normalized spacial score (nSPS) is 11.5. The van der Waals surface area contributed by atoms with E-state index >= 15 is 0 Å². The summed E-state index contributed by atoms with van der Waals surface area (Å²) >= 11 is -4.67. The zero-order valence-corrected chi connectivity index (χ0v) is 28.2. The van der Waals surface area contributed by atoms with E-state index in [2.05, 4.69) is 83.7 Å². The first kappa shape index (κ1) is 39.6. The molecule has 0 spiro atoms. The molecule has 0 radical (unpaired) electrons. The van der Waals surface area contributed by atoms with Gasteiger partial charge in [-0.1, -0.05) is 117 Å². The van der Waals surface area contributed by atoms with Crippen molar-refractivity contribution in [3.05, 3.63) is 37.4 Å². The predicted octanol–water partition coefficient (Wildman–Crippen LogP) is 9.89. The van der Waals surface area contributed by atoms with E-state index in [4.69, 9.17) is 0 Å². The number of aromatic nitrogens is 4. The maximum absolute atomic E-state index is 10.4. The number of aryl methyl sites for hydroxylation is 4. The van der Waals surface area contributed by atoms with Crippen LogP contribution in [0.3, 0.4) is 0 Å². The average Bonchev–Trinajstić information content (AvgIpc) is 3.53. The number of halogens is 3. The van der Waals surface area contributed by atoms with E-state index in [1.54, 1.807) is 0 Å². The summed E-state index contributed by atoms with van der Waals surface area (Å²) in [5.74, 6) is 0. The van der Waals surface area contributed by atoms with Gasteiger partial charge >= 0.3 is 0 Å². The smallest absolute Gasteiger partial charge is 0.243 e. The molecule has 0 bridgehead atoms. The SMILES string of the molecule is CCCCCCCCCCCC[n+]1ccn(C)c1.CCCCCCCCCCCC[n+]1ccn(C)c1.C[S-2](F)(F)F. The Balaban J connectivity index is 0.000000671. The van der Waals surface area contributed by atoms with Crippen LogP contribution in [0.25, 0.3) is 0 Å². The average molecular weight is 607 g/mol. The van der Waals surface area contributed by atoms with Crippen LogP contribution in [0.2, 0.25) is 0 Å². The Hall–Kier alpha value is -1.44. The minimum Gasteiger partial charge on any atom is -0.478 e. The number of rotatable bonds is 22. The first-order valence-electron chi connectivity index (χ1n) is 16.5. The molecule has 2 heterocycles. The zero-order chi connectivity index (χ0) is 30.6. The Bertz CT molecular complexity index is 738. The van der Waals surface area contributed by atoms with Gasteiger partial charge in [0.15, 0.2) is 0 Å². The topological polar surface area (TPSA) is 17.6 Å². The van der Waals surface area contributed by atoms with Crippen LogP contribution in [0.5, 0.6) is 0 Å². The maximum Gasteiger partial charge on any atom is 0.243 e. The Morgan fingerprint density at radius 3 is 0.951 bits per heavy atom. The summed E-state index contributed by atoms with van der Waals surface area (Å²) < 4.78 is 40.1. The molecule has 0 amide bonds. The fraction of sp³-hybridized carbons (Fsp3) is 0.818. The maximum atomic E-state index is 10.4. The molecule has 0 saturated carbocycles. The van der Waals surface area contributed by atoms with Crippen molar-refractivity contribution in [3.63, 3.8) is 0 Å². The summed E-state index contributed by atoms with van der Waals surface area (Å²) in [4.78, 5) is 0. The van der Waals surface area contributed by atoms with Gasteiger partial charge in [0.2, 0.25) is 12.7 Å². The quantitative estimate of drug-likeness (QED) is 0.0938. The summed E-state index contributed by atoms with van der Waals surface area (Å²) in [6.45, 7) is 6.92. The number of nitrogens with zero attached hydrogens (tertiary/aromatic N) is 4. The molecule has 0 N–H and O–H groups in total. The molecular formula is C33H65F3N4S. The standard InChI is InChI=1S/2C16H31N2.CH3F3S/c2*1-3-4-5-6-7-8-9-10-11-12-13-18-15-14-17(2)16-18;1-5(2,3)4/h2*14-16H,3-13H2,1-2H3;1H3/q2*+1;-2. The van der Waals surface area contributed by atoms with Crippen molar-refractivity contribution in [2.24, 2.45) is 14.1 Å². The molecule has 0 saturated heterocycles. The Kier molecular flexibility index (Phi) is 26.4. The minimum absolute atomic E-state index is 0.271. The van der Waals surface area contributed by atoms with Crippen molar-refractivity contribution in [1.29, 1.82) is 0 Å². The Morgan fingerprint density at radius 1 is 0.488 bits per heavy atom. The molecule has 2 aromatic rings. The zero-order valence-electron chi connectivity index (χ0n) is 27.4. The van der Waals surface area contributed by atoms with Gasteiger partial charge in [-0.05, 0) is 25.7 Å². The molecule has 0 unspecified atom stereocenters. The highest BCUT2D eigenvalue weighted by Gasteiger charge is 2.00. The van der Waals surface area contributed by atoms with Gasteiger partial charge in [0.25, 0.3) is 0 Å². The summed E-state index contributed by atoms with van der Waals surface area (Å²) in [6.07, 6.45) is 41.4. The van der Waals surface area contributed by atoms with Crippen LogP contribution in [-0.2, 0) is 38.4 Å². The van der Waals surface area contributed by atoms with E-state index in [9.17, 15) is 11.7 Å². The third-order valence-corrected chi connectivity index (χ3v) is 7.19. The molecular weight excluding hydrogens is 541 g/mol. The highest BCUT2D eigenvalue weighted by atomic mass is 32.3. The van der Waals surface area contributed by atoms with Gasteiger partial charge in [-0.2, -0.15) is 6.26 Å². The van der Waals surface area contributed by atoms with E-state index in [1.807, 2.05) is 0 Å². The van der Waals surface area contributed by atoms with E-state index in [1.165, 1.54) is 142 Å². The number of hydrogen-bond acceptors (Lipinski definition) is 0. The lowest BCUT2D eigenvalue weighted by atomic mass is 10.1. The van der Waals surface area contributed by atoms with Crippen LogP contribution in [0.1, 0.15) is 142 Å². The molecule has 0 aliphatic heterocycles. The molecule has 41 heavy (non-hydrogen) atoms. The first-order chi connectivity index (χ1) is 19.7. The molecule has 244 valence electrons. The van der Waals surface area contributed by atoms with E-state index in [0.29, 0.717) is 0 Å². The molecule has 2 aromatic heterocycles. The third-order valence-electron chi connectivity index (χ3n) is 7.19. The second-order valence-corrected chi connectivity index (χ2v) is 12.9. The van der Waals surface area contributed by atoms with E-state index in [0.717, 1.165) is 0 Å². The van der Waals surface area contributed by atoms with Crippen molar-refractivity contribution in [2.45, 2.75) is 155 Å². The highest BCUT2D eigenvalue weighted by molar-refractivity contribution is 7.99. The molecule has 8 heteroatoms. The van der Waals surface area contributed by atoms with Crippen molar-refractivity contribution in [2.75, 3.05) is 6.26 Å². The van der Waals surface area contributed by atoms with Crippen molar-refractivity contribution in [3.8, 4) is 0 Å². The first-order valence-corrected chi connectivity index (χ1v) is 18.3. The lowest BCUT2D eigenvalue weighted by Crippen LogP contribution is -2.30. The fourth-order valence-electron chi connectivity index (χ4n) is 4.83. The van der Waals surface area contributed by atoms with Crippen LogP contribution in [0.15, 0.2) is 37.4 Å². The minimum atomic E-state index is -4.67. The largest absolute Gasteiger partial charge is 0.478 e. The molecule has 0 fully saturated rings. The van der Waals surface area contributed by atoms with Gasteiger partial charge in [-0.3, -0.25) is 0 Å². The van der Waals surface area contributed by atoms with Gasteiger partial charge in [0, 0.05) is 0 Å². The van der Waals surface area contributed by atoms with Crippen LogP contribution in [0.4, 0.5) is 11.7 Å². The number of imidazole rings is 2.